The summed E-state index contributed by atoms with van der Waals surface area (Å²) in [5, 5.41) is 0. The van der Waals surface area contributed by atoms with Gasteiger partial charge in [-0.2, -0.15) is 0 Å². The van der Waals surface area contributed by atoms with E-state index in [1.54, 1.807) is 0 Å². The van der Waals surface area contributed by atoms with Gasteiger partial charge in [-0.15, -0.1) is 11.8 Å². The predicted molar refractivity (Wildman–Crippen MR) is 85.9 cm³/mol. The number of hydrogen-bond donors (Lipinski definition) is 0. The molecule has 0 atom stereocenters. The molecule has 0 unspecified atom stereocenters. The van der Waals surface area contributed by atoms with E-state index in [1.165, 1.54) is 12.8 Å². The van der Waals surface area contributed by atoms with Crippen molar-refractivity contribution in [2.45, 2.75) is 32.6 Å². The molecule has 0 N–H and O–H groups in total. The van der Waals surface area contributed by atoms with Crippen LogP contribution in [0, 0.1) is 17.8 Å². The summed E-state index contributed by atoms with van der Waals surface area (Å²) in [6.45, 7) is 9.09. The number of likely N-dealkylation sites (N-methyl/N-ethyl adjacent to an activating group) is 1. The zero-order chi connectivity index (χ0) is 15.1. The van der Waals surface area contributed by atoms with Crippen LogP contribution in [0.5, 0.6) is 0 Å². The molecule has 2 aliphatic rings. The van der Waals surface area contributed by atoms with E-state index in [2.05, 4.69) is 33.6 Å². The second kappa shape index (κ2) is 8.41. The summed E-state index contributed by atoms with van der Waals surface area (Å²) in [4.78, 5) is 19.2. The molecule has 4 nitrogen and oxygen atoms in total. The molecule has 0 aromatic rings. The second-order valence-electron chi connectivity index (χ2n) is 6.35. The van der Waals surface area contributed by atoms with Gasteiger partial charge in [0.2, 0.25) is 5.91 Å². The summed E-state index contributed by atoms with van der Waals surface area (Å²) in [5.74, 6) is 7.04. The van der Waals surface area contributed by atoms with Crippen LogP contribution in [0.4, 0.5) is 0 Å². The summed E-state index contributed by atoms with van der Waals surface area (Å²) in [7, 11) is 2.13. The molecule has 118 valence electrons. The van der Waals surface area contributed by atoms with Crippen molar-refractivity contribution in [2.75, 3.05) is 52.9 Å². The summed E-state index contributed by atoms with van der Waals surface area (Å²) >= 11 is 0. The Kier molecular flexibility index (Phi) is 6.53. The van der Waals surface area contributed by atoms with Gasteiger partial charge < -0.3 is 14.7 Å². The lowest BCUT2D eigenvalue weighted by Crippen LogP contribution is -2.47. The molecule has 0 aromatic heterocycles. The van der Waals surface area contributed by atoms with Gasteiger partial charge in [0.15, 0.2) is 0 Å². The fraction of sp³-hybridized carbons (Fsp3) is 0.824. The number of piperidine rings is 1. The number of likely N-dealkylation sites (tertiary alicyclic amines) is 1. The molecule has 2 heterocycles. The lowest BCUT2D eigenvalue weighted by Gasteiger charge is -2.35. The summed E-state index contributed by atoms with van der Waals surface area (Å²) in [5.41, 5.74) is 0. The predicted octanol–water partition coefficient (Wildman–Crippen LogP) is 1.28. The fourth-order valence-corrected chi connectivity index (χ4v) is 3.19. The first-order valence-electron chi connectivity index (χ1n) is 8.27. The van der Waals surface area contributed by atoms with E-state index in [1.807, 2.05) is 6.92 Å². The minimum Gasteiger partial charge on any atom is -0.340 e. The highest BCUT2D eigenvalue weighted by atomic mass is 16.2. The average molecular weight is 291 g/mol. The van der Waals surface area contributed by atoms with Gasteiger partial charge in [0, 0.05) is 45.6 Å². The minimum atomic E-state index is 0.374. The summed E-state index contributed by atoms with van der Waals surface area (Å²) in [6, 6.07) is 0. The van der Waals surface area contributed by atoms with Gasteiger partial charge in [0.05, 0.1) is 0 Å². The third-order valence-electron chi connectivity index (χ3n) is 4.76. The smallest absolute Gasteiger partial charge is 0.222 e. The standard InChI is InChI=1S/C17H29N3O/c1-3-4-5-8-19-9-6-16(7-10-19)15-17(21)20-13-11-18(2)12-14-20/h16H,5-15H2,1-2H3. The van der Waals surface area contributed by atoms with Crippen LogP contribution in [0.2, 0.25) is 0 Å². The van der Waals surface area contributed by atoms with Gasteiger partial charge in [-0.05, 0) is 45.8 Å². The second-order valence-corrected chi connectivity index (χ2v) is 6.35. The van der Waals surface area contributed by atoms with Crippen LogP contribution in [-0.2, 0) is 4.79 Å². The van der Waals surface area contributed by atoms with Crippen LogP contribution in [0.3, 0.4) is 0 Å². The highest BCUT2D eigenvalue weighted by molar-refractivity contribution is 5.76. The van der Waals surface area contributed by atoms with Crippen molar-refractivity contribution in [3.8, 4) is 11.8 Å². The van der Waals surface area contributed by atoms with Crippen LogP contribution in [-0.4, -0.2) is 73.5 Å². The van der Waals surface area contributed by atoms with Crippen molar-refractivity contribution in [1.29, 1.82) is 0 Å². The normalized spacial score (nSPS) is 21.9. The molecular formula is C17H29N3O. The van der Waals surface area contributed by atoms with E-state index in [9.17, 15) is 4.79 Å². The topological polar surface area (TPSA) is 26.8 Å². The van der Waals surface area contributed by atoms with E-state index in [4.69, 9.17) is 0 Å². The Morgan fingerprint density at radius 2 is 1.76 bits per heavy atom. The van der Waals surface area contributed by atoms with Crippen molar-refractivity contribution in [3.63, 3.8) is 0 Å². The van der Waals surface area contributed by atoms with Gasteiger partial charge in [-0.25, -0.2) is 0 Å². The Morgan fingerprint density at radius 1 is 1.10 bits per heavy atom. The van der Waals surface area contributed by atoms with Crippen molar-refractivity contribution < 1.29 is 4.79 Å². The van der Waals surface area contributed by atoms with Gasteiger partial charge in [-0.3, -0.25) is 4.79 Å². The fourth-order valence-electron chi connectivity index (χ4n) is 3.19. The number of nitrogens with zero attached hydrogens (tertiary/aromatic N) is 3. The van der Waals surface area contributed by atoms with Crippen molar-refractivity contribution in [2.24, 2.45) is 5.92 Å². The number of piperazine rings is 1. The first-order valence-corrected chi connectivity index (χ1v) is 8.27. The van der Waals surface area contributed by atoms with E-state index in [0.29, 0.717) is 11.8 Å². The van der Waals surface area contributed by atoms with Crippen LogP contribution >= 0.6 is 0 Å². The number of hydrogen-bond acceptors (Lipinski definition) is 3. The number of carbonyl (C=O) groups is 1. The maximum Gasteiger partial charge on any atom is 0.222 e. The van der Waals surface area contributed by atoms with E-state index >= 15 is 0 Å². The molecule has 2 rings (SSSR count). The molecule has 2 fully saturated rings. The zero-order valence-corrected chi connectivity index (χ0v) is 13.6. The van der Waals surface area contributed by atoms with E-state index < -0.39 is 0 Å². The molecule has 0 radical (unpaired) electrons. The lowest BCUT2D eigenvalue weighted by atomic mass is 9.92. The monoisotopic (exact) mass is 291 g/mol. The summed E-state index contributed by atoms with van der Waals surface area (Å²) < 4.78 is 0. The average Bonchev–Trinajstić information content (AvgIpc) is 2.50. The van der Waals surface area contributed by atoms with Crippen molar-refractivity contribution in [3.05, 3.63) is 0 Å². The SMILES string of the molecule is CC#CCCN1CCC(CC(=O)N2CCN(C)CC2)CC1. The Hall–Kier alpha value is -1.05. The molecule has 1 amide bonds. The Bertz CT molecular complexity index is 383. The van der Waals surface area contributed by atoms with Crippen LogP contribution in [0.25, 0.3) is 0 Å². The molecule has 0 saturated carbocycles. The maximum atomic E-state index is 12.3. The number of carbonyl (C=O) groups excluding carboxylic acids is 1. The first-order chi connectivity index (χ1) is 10.2. The van der Waals surface area contributed by atoms with E-state index in [0.717, 1.165) is 58.7 Å². The molecular weight excluding hydrogens is 262 g/mol. The van der Waals surface area contributed by atoms with Gasteiger partial charge >= 0.3 is 0 Å². The van der Waals surface area contributed by atoms with Crippen molar-refractivity contribution >= 4 is 5.91 Å². The van der Waals surface area contributed by atoms with Gasteiger partial charge in [0.25, 0.3) is 0 Å². The minimum absolute atomic E-state index is 0.374. The van der Waals surface area contributed by atoms with Gasteiger partial charge in [0.1, 0.15) is 0 Å². The molecule has 2 saturated heterocycles. The molecule has 0 aliphatic carbocycles. The zero-order valence-electron chi connectivity index (χ0n) is 13.6. The molecule has 2 aliphatic heterocycles. The number of amides is 1. The van der Waals surface area contributed by atoms with Crippen LogP contribution in [0.1, 0.15) is 32.6 Å². The Morgan fingerprint density at radius 3 is 2.38 bits per heavy atom. The summed E-state index contributed by atoms with van der Waals surface area (Å²) in [6.07, 6.45) is 4.06. The molecule has 4 heteroatoms. The quantitative estimate of drug-likeness (QED) is 0.730. The maximum absolute atomic E-state index is 12.3. The third kappa shape index (κ3) is 5.33. The molecule has 0 bridgehead atoms. The molecule has 0 aromatic carbocycles. The Balaban J connectivity index is 1.65. The molecule has 0 spiro atoms. The van der Waals surface area contributed by atoms with Crippen LogP contribution < -0.4 is 0 Å². The van der Waals surface area contributed by atoms with E-state index in [-0.39, 0.29) is 0 Å². The van der Waals surface area contributed by atoms with Gasteiger partial charge in [-0.1, -0.05) is 0 Å². The van der Waals surface area contributed by atoms with Crippen LogP contribution in [0.15, 0.2) is 0 Å². The highest BCUT2D eigenvalue weighted by Gasteiger charge is 2.25. The highest BCUT2D eigenvalue weighted by Crippen LogP contribution is 2.21. The Labute approximate surface area is 129 Å². The lowest BCUT2D eigenvalue weighted by molar-refractivity contribution is -0.134. The number of rotatable bonds is 4. The molecule has 21 heavy (non-hydrogen) atoms. The van der Waals surface area contributed by atoms with Crippen molar-refractivity contribution in [1.82, 2.24) is 14.7 Å². The third-order valence-corrected chi connectivity index (χ3v) is 4.76. The first kappa shape index (κ1) is 16.3. The largest absolute Gasteiger partial charge is 0.340 e.